The Kier molecular flexibility index (Phi) is 6.20. The van der Waals surface area contributed by atoms with E-state index < -0.39 is 0 Å². The van der Waals surface area contributed by atoms with Gasteiger partial charge in [0.25, 0.3) is 0 Å². The van der Waals surface area contributed by atoms with Gasteiger partial charge in [-0.25, -0.2) is 9.97 Å². The molecule has 4 aromatic carbocycles. The Balaban J connectivity index is 1.29. The molecule has 4 heterocycles. The van der Waals surface area contributed by atoms with E-state index in [4.69, 9.17) is 19.9 Å². The van der Waals surface area contributed by atoms with Gasteiger partial charge in [0.05, 0.1) is 26.9 Å². The molecule has 5 heteroatoms. The number of aryl methyl sites for hydroxylation is 2. The molecule has 4 aromatic heterocycles. The van der Waals surface area contributed by atoms with E-state index in [2.05, 4.69) is 117 Å². The summed E-state index contributed by atoms with van der Waals surface area (Å²) in [5.41, 5.74) is 10.5. The number of rotatable bonds is 5. The maximum atomic E-state index is 5.15. The number of pyridine rings is 2. The minimum atomic E-state index is 0.734. The van der Waals surface area contributed by atoms with Crippen LogP contribution < -0.4 is 0 Å². The van der Waals surface area contributed by atoms with Crippen LogP contribution in [0.4, 0.5) is 0 Å². The van der Waals surface area contributed by atoms with E-state index >= 15 is 0 Å². The summed E-state index contributed by atoms with van der Waals surface area (Å²) in [6, 6.07) is 38.4. The third kappa shape index (κ3) is 4.36. The lowest BCUT2D eigenvalue weighted by molar-refractivity contribution is 1.05. The molecule has 0 fully saturated rings. The van der Waals surface area contributed by atoms with E-state index in [0.29, 0.717) is 0 Å². The molecule has 0 unspecified atom stereocenters. The Morgan fingerprint density at radius 2 is 1.26 bits per heavy atom. The zero-order valence-electron chi connectivity index (χ0n) is 24.0. The zero-order valence-corrected chi connectivity index (χ0v) is 24.8. The van der Waals surface area contributed by atoms with Gasteiger partial charge in [-0.05, 0) is 42.2 Å². The minimum absolute atomic E-state index is 0.734. The fourth-order valence-electron chi connectivity index (χ4n) is 5.89. The maximum absolute atomic E-state index is 5.15. The molecule has 0 aliphatic heterocycles. The van der Waals surface area contributed by atoms with Crippen molar-refractivity contribution in [2.75, 3.05) is 0 Å². The van der Waals surface area contributed by atoms with Crippen molar-refractivity contribution in [1.82, 2.24) is 19.9 Å². The molecule has 4 nitrogen and oxygen atoms in total. The highest BCUT2D eigenvalue weighted by molar-refractivity contribution is 7.26. The third-order valence-electron chi connectivity index (χ3n) is 8.20. The van der Waals surface area contributed by atoms with Crippen LogP contribution >= 0.6 is 11.3 Å². The fourth-order valence-corrected chi connectivity index (χ4v) is 7.05. The first-order chi connectivity index (χ1) is 21.2. The predicted octanol–water partition coefficient (Wildman–Crippen LogP) is 10.1. The number of hydrogen-bond acceptors (Lipinski definition) is 5. The van der Waals surface area contributed by atoms with Crippen LogP contribution in [0.25, 0.3) is 75.9 Å². The number of nitrogens with zero attached hydrogens (tertiary/aromatic N) is 4. The molecule has 0 aliphatic carbocycles. The summed E-state index contributed by atoms with van der Waals surface area (Å²) in [5.74, 6) is 0.734. The van der Waals surface area contributed by atoms with E-state index in [9.17, 15) is 0 Å². The molecule has 0 spiro atoms. The van der Waals surface area contributed by atoms with Gasteiger partial charge in [0.1, 0.15) is 0 Å². The highest BCUT2D eigenvalue weighted by atomic mass is 32.1. The predicted molar refractivity (Wildman–Crippen MR) is 181 cm³/mol. The summed E-state index contributed by atoms with van der Waals surface area (Å²) in [7, 11) is 0. The van der Waals surface area contributed by atoms with Crippen LogP contribution in [0.3, 0.4) is 0 Å². The van der Waals surface area contributed by atoms with Crippen molar-refractivity contribution in [3.63, 3.8) is 0 Å². The van der Waals surface area contributed by atoms with Gasteiger partial charge < -0.3 is 0 Å². The van der Waals surface area contributed by atoms with Crippen LogP contribution in [0.5, 0.6) is 0 Å². The third-order valence-corrected chi connectivity index (χ3v) is 9.36. The van der Waals surface area contributed by atoms with Gasteiger partial charge in [0.15, 0.2) is 5.82 Å². The van der Waals surface area contributed by atoms with Gasteiger partial charge in [-0.15, -0.1) is 11.3 Å². The molecule has 0 saturated heterocycles. The van der Waals surface area contributed by atoms with Crippen LogP contribution in [0.2, 0.25) is 0 Å². The van der Waals surface area contributed by atoms with Gasteiger partial charge >= 0.3 is 0 Å². The number of benzene rings is 4. The Bertz CT molecular complexity index is 2300. The highest BCUT2D eigenvalue weighted by Gasteiger charge is 2.17. The SMILES string of the molecule is CCc1ccc2ccc3c(-c4ccc(-c5nc(-c6ccccc6)c6sc7ccccc7c6n5)cc4)cc(CC)nc3c2n1. The molecule has 0 saturated carbocycles. The summed E-state index contributed by atoms with van der Waals surface area (Å²) in [6.07, 6.45) is 1.75. The van der Waals surface area contributed by atoms with Gasteiger partial charge in [-0.1, -0.05) is 105 Å². The van der Waals surface area contributed by atoms with Gasteiger partial charge in [0, 0.05) is 43.4 Å². The van der Waals surface area contributed by atoms with Crippen molar-refractivity contribution in [3.8, 4) is 33.8 Å². The first kappa shape index (κ1) is 25.7. The highest BCUT2D eigenvalue weighted by Crippen LogP contribution is 2.40. The summed E-state index contributed by atoms with van der Waals surface area (Å²) in [5, 5.41) is 3.41. The molecular weight excluding hydrogens is 545 g/mol. The van der Waals surface area contributed by atoms with E-state index in [1.54, 1.807) is 11.3 Å². The second-order valence-electron chi connectivity index (χ2n) is 10.8. The Labute approximate surface area is 253 Å². The second-order valence-corrected chi connectivity index (χ2v) is 11.9. The van der Waals surface area contributed by atoms with E-state index in [-0.39, 0.29) is 0 Å². The van der Waals surface area contributed by atoms with E-state index in [0.717, 1.165) is 84.5 Å². The van der Waals surface area contributed by atoms with Crippen molar-refractivity contribution >= 4 is 53.4 Å². The monoisotopic (exact) mass is 572 g/mol. The molecule has 0 aliphatic rings. The largest absolute Gasteiger partial charge is 0.251 e. The van der Waals surface area contributed by atoms with Crippen LogP contribution in [0, 0.1) is 0 Å². The molecule has 8 rings (SSSR count). The van der Waals surface area contributed by atoms with Crippen LogP contribution in [0.1, 0.15) is 25.2 Å². The van der Waals surface area contributed by atoms with Crippen LogP contribution in [-0.4, -0.2) is 19.9 Å². The molecule has 0 amide bonds. The van der Waals surface area contributed by atoms with Crippen LogP contribution in [-0.2, 0) is 12.8 Å². The summed E-state index contributed by atoms with van der Waals surface area (Å²) >= 11 is 1.76. The molecule has 0 atom stereocenters. The lowest BCUT2D eigenvalue weighted by atomic mass is 9.97. The average Bonchev–Trinajstić information content (AvgIpc) is 3.46. The Hall–Kier alpha value is -5.00. The smallest absolute Gasteiger partial charge is 0.160 e. The molecule has 43 heavy (non-hydrogen) atoms. The van der Waals surface area contributed by atoms with Crippen molar-refractivity contribution in [3.05, 3.63) is 121 Å². The first-order valence-electron chi connectivity index (χ1n) is 14.8. The summed E-state index contributed by atoms with van der Waals surface area (Å²) in [6.45, 7) is 4.30. The first-order valence-corrected chi connectivity index (χ1v) is 15.6. The number of thiophene rings is 1. The maximum Gasteiger partial charge on any atom is 0.160 e. The van der Waals surface area contributed by atoms with Crippen molar-refractivity contribution < 1.29 is 0 Å². The Morgan fingerprint density at radius 3 is 2.07 bits per heavy atom. The number of aromatic nitrogens is 4. The van der Waals surface area contributed by atoms with Crippen molar-refractivity contribution in [1.29, 1.82) is 0 Å². The summed E-state index contributed by atoms with van der Waals surface area (Å²) in [4.78, 5) is 20.3. The van der Waals surface area contributed by atoms with Crippen molar-refractivity contribution in [2.24, 2.45) is 0 Å². The zero-order chi connectivity index (χ0) is 28.9. The van der Waals surface area contributed by atoms with E-state index in [1.807, 2.05) is 6.07 Å². The van der Waals surface area contributed by atoms with Gasteiger partial charge in [-0.2, -0.15) is 0 Å². The normalized spacial score (nSPS) is 11.7. The second kappa shape index (κ2) is 10.4. The lowest BCUT2D eigenvalue weighted by Crippen LogP contribution is -1.96. The number of hydrogen-bond donors (Lipinski definition) is 0. The molecule has 206 valence electrons. The molecule has 0 radical (unpaired) electrons. The molecule has 0 bridgehead atoms. The average molecular weight is 573 g/mol. The van der Waals surface area contributed by atoms with E-state index in [1.165, 1.54) is 15.6 Å². The summed E-state index contributed by atoms with van der Waals surface area (Å²) < 4.78 is 2.34. The van der Waals surface area contributed by atoms with Crippen molar-refractivity contribution in [2.45, 2.75) is 26.7 Å². The molecule has 8 aromatic rings. The Morgan fingerprint density at radius 1 is 0.535 bits per heavy atom. The van der Waals surface area contributed by atoms with Gasteiger partial charge in [0.2, 0.25) is 0 Å². The molecule has 0 N–H and O–H groups in total. The van der Waals surface area contributed by atoms with Gasteiger partial charge in [-0.3, -0.25) is 9.97 Å². The topological polar surface area (TPSA) is 51.6 Å². The molecular formula is C38H28N4S. The standard InChI is InChI=1S/C38H28N4S/c1-3-27-20-18-25-19-21-29-31(22-28(4-2)40-35(29)33(25)39-27)23-14-16-26(17-15-23)38-41-34(24-10-6-5-7-11-24)37-36(42-38)30-12-8-9-13-32(30)43-37/h5-22H,3-4H2,1-2H3. The quantitative estimate of drug-likeness (QED) is 0.193. The lowest BCUT2D eigenvalue weighted by Gasteiger charge is -2.12. The fraction of sp³-hybridized carbons (Fsp3) is 0.105. The number of fused-ring (bicyclic) bond motifs is 6. The van der Waals surface area contributed by atoms with Crippen LogP contribution in [0.15, 0.2) is 109 Å². The minimum Gasteiger partial charge on any atom is -0.251 e.